The summed E-state index contributed by atoms with van der Waals surface area (Å²) in [5, 5.41) is 0.240. The Hall–Kier alpha value is -1.03. The second-order valence-electron chi connectivity index (χ2n) is 6.41. The van der Waals surface area contributed by atoms with E-state index >= 15 is 0 Å². The molecule has 1 aromatic heterocycles. The number of nitrogens with one attached hydrogen (secondary N) is 1. The molecule has 2 atom stereocenters. The van der Waals surface area contributed by atoms with Gasteiger partial charge in [-0.2, -0.15) is 0 Å². The summed E-state index contributed by atoms with van der Waals surface area (Å²) in [6.45, 7) is 6.20. The molecule has 1 fully saturated rings. The van der Waals surface area contributed by atoms with Crippen molar-refractivity contribution >= 4 is 11.6 Å². The van der Waals surface area contributed by atoms with Crippen molar-refractivity contribution in [3.8, 4) is 0 Å². The van der Waals surface area contributed by atoms with Crippen molar-refractivity contribution in [1.82, 2.24) is 9.55 Å². The summed E-state index contributed by atoms with van der Waals surface area (Å²) in [7, 11) is 0. The molecule has 118 valence electrons. The summed E-state index contributed by atoms with van der Waals surface area (Å²) in [6, 6.07) is -0.103. The lowest BCUT2D eigenvalue weighted by Gasteiger charge is -2.20. The first kappa shape index (κ1) is 16.3. The Balaban J connectivity index is 2.44. The molecule has 5 heteroatoms. The first-order chi connectivity index (χ1) is 9.95. The Bertz CT molecular complexity index is 599. The number of aromatic nitrogens is 2. The Morgan fingerprint density at radius 3 is 2.48 bits per heavy atom. The second-order valence-corrected chi connectivity index (χ2v) is 6.79. The number of halogens is 1. The van der Waals surface area contributed by atoms with E-state index in [-0.39, 0.29) is 28.4 Å². The highest BCUT2D eigenvalue weighted by Gasteiger charge is 2.26. The van der Waals surface area contributed by atoms with Gasteiger partial charge in [0.2, 0.25) is 0 Å². The van der Waals surface area contributed by atoms with Crippen molar-refractivity contribution in [2.45, 2.75) is 71.3 Å². The Kier molecular flexibility index (Phi) is 5.31. The zero-order chi connectivity index (χ0) is 15.6. The zero-order valence-electron chi connectivity index (χ0n) is 13.1. The minimum Gasteiger partial charge on any atom is -0.297 e. The van der Waals surface area contributed by atoms with Crippen LogP contribution < -0.4 is 11.2 Å². The highest BCUT2D eigenvalue weighted by Crippen LogP contribution is 2.34. The van der Waals surface area contributed by atoms with Crippen molar-refractivity contribution in [2.24, 2.45) is 5.92 Å². The number of H-pyrrole nitrogens is 1. The molecule has 0 aliphatic heterocycles. The highest BCUT2D eigenvalue weighted by molar-refractivity contribution is 6.30. The molecule has 0 aromatic carbocycles. The zero-order valence-corrected chi connectivity index (χ0v) is 13.9. The van der Waals surface area contributed by atoms with Crippen molar-refractivity contribution in [3.05, 3.63) is 31.6 Å². The van der Waals surface area contributed by atoms with Crippen LogP contribution in [0.1, 0.15) is 76.8 Å². The molecular weight excluding hydrogens is 288 g/mol. The fraction of sp³-hybridized carbons (Fsp3) is 0.750. The third kappa shape index (κ3) is 3.42. The Morgan fingerprint density at radius 1 is 1.29 bits per heavy atom. The minimum atomic E-state index is -0.387. The lowest BCUT2D eigenvalue weighted by Crippen LogP contribution is -2.40. The molecule has 0 spiro atoms. The van der Waals surface area contributed by atoms with Crippen LogP contribution >= 0.6 is 11.6 Å². The average Bonchev–Trinajstić information content (AvgIpc) is 2.91. The van der Waals surface area contributed by atoms with E-state index in [2.05, 4.69) is 18.8 Å². The SMILES string of the molecule is CCC(C)CC(C)n1c(=O)[nH]c(Cl)c(C2CCCC2)c1=O. The van der Waals surface area contributed by atoms with Crippen molar-refractivity contribution < 1.29 is 0 Å². The predicted molar refractivity (Wildman–Crippen MR) is 86.3 cm³/mol. The normalized spacial score (nSPS) is 18.9. The standard InChI is InChI=1S/C16H25ClN2O2/c1-4-10(2)9-11(3)19-15(20)13(12-7-5-6-8-12)14(17)18-16(19)21/h10-12H,4-9H2,1-3H3,(H,18,21). The summed E-state index contributed by atoms with van der Waals surface area (Å²) in [5.74, 6) is 0.681. The fourth-order valence-electron chi connectivity index (χ4n) is 3.36. The van der Waals surface area contributed by atoms with Gasteiger partial charge < -0.3 is 0 Å². The maximum Gasteiger partial charge on any atom is 0.329 e. The van der Waals surface area contributed by atoms with E-state index in [1.54, 1.807) is 0 Å². The number of aromatic amines is 1. The molecule has 0 amide bonds. The van der Waals surface area contributed by atoms with Crippen LogP contribution in [-0.4, -0.2) is 9.55 Å². The maximum absolute atomic E-state index is 12.8. The van der Waals surface area contributed by atoms with Crippen LogP contribution in [0, 0.1) is 5.92 Å². The molecule has 0 saturated heterocycles. The lowest BCUT2D eigenvalue weighted by atomic mass is 9.98. The first-order valence-corrected chi connectivity index (χ1v) is 8.37. The third-order valence-electron chi connectivity index (χ3n) is 4.77. The van der Waals surface area contributed by atoms with Crippen molar-refractivity contribution in [3.63, 3.8) is 0 Å². The van der Waals surface area contributed by atoms with Gasteiger partial charge in [-0.1, -0.05) is 44.7 Å². The molecular formula is C16H25ClN2O2. The summed E-state index contributed by atoms with van der Waals surface area (Å²) >= 11 is 6.16. The van der Waals surface area contributed by atoms with Crippen LogP contribution in [0.5, 0.6) is 0 Å². The summed E-state index contributed by atoms with van der Waals surface area (Å²) in [4.78, 5) is 27.6. The fourth-order valence-corrected chi connectivity index (χ4v) is 3.68. The topological polar surface area (TPSA) is 54.9 Å². The third-order valence-corrected chi connectivity index (χ3v) is 5.06. The molecule has 1 N–H and O–H groups in total. The number of nitrogens with zero attached hydrogens (tertiary/aromatic N) is 1. The molecule has 2 unspecified atom stereocenters. The average molecular weight is 313 g/mol. The van der Waals surface area contributed by atoms with Gasteiger partial charge in [-0.15, -0.1) is 0 Å². The van der Waals surface area contributed by atoms with E-state index in [0.29, 0.717) is 11.5 Å². The van der Waals surface area contributed by atoms with Gasteiger partial charge in [0.1, 0.15) is 5.15 Å². The van der Waals surface area contributed by atoms with E-state index in [0.717, 1.165) is 38.5 Å². The van der Waals surface area contributed by atoms with Gasteiger partial charge in [0.15, 0.2) is 0 Å². The summed E-state index contributed by atoms with van der Waals surface area (Å²) < 4.78 is 1.37. The van der Waals surface area contributed by atoms with Gasteiger partial charge in [-0.05, 0) is 38.0 Å². The van der Waals surface area contributed by atoms with Gasteiger partial charge in [0.05, 0.1) is 5.56 Å². The molecule has 1 heterocycles. The van der Waals surface area contributed by atoms with Gasteiger partial charge in [0, 0.05) is 6.04 Å². The summed E-state index contributed by atoms with van der Waals surface area (Å²) in [5.41, 5.74) is 0.0405. The predicted octanol–water partition coefficient (Wildman–Crippen LogP) is 3.84. The largest absolute Gasteiger partial charge is 0.329 e. The monoisotopic (exact) mass is 312 g/mol. The van der Waals surface area contributed by atoms with E-state index < -0.39 is 0 Å². The highest BCUT2D eigenvalue weighted by atomic mass is 35.5. The maximum atomic E-state index is 12.8. The molecule has 0 radical (unpaired) electrons. The molecule has 1 aliphatic carbocycles. The molecule has 2 rings (SSSR count). The van der Waals surface area contributed by atoms with E-state index in [4.69, 9.17) is 11.6 Å². The number of hydrogen-bond donors (Lipinski definition) is 1. The Morgan fingerprint density at radius 2 is 1.90 bits per heavy atom. The van der Waals surface area contributed by atoms with Crippen molar-refractivity contribution in [1.29, 1.82) is 0 Å². The van der Waals surface area contributed by atoms with Gasteiger partial charge in [-0.3, -0.25) is 14.3 Å². The quantitative estimate of drug-likeness (QED) is 0.840. The van der Waals surface area contributed by atoms with Crippen LogP contribution in [0.25, 0.3) is 0 Å². The molecule has 4 nitrogen and oxygen atoms in total. The van der Waals surface area contributed by atoms with Crippen LogP contribution in [-0.2, 0) is 0 Å². The minimum absolute atomic E-state index is 0.103. The van der Waals surface area contributed by atoms with Crippen LogP contribution in [0.15, 0.2) is 9.59 Å². The summed E-state index contributed by atoms with van der Waals surface area (Å²) in [6.07, 6.45) is 6.09. The van der Waals surface area contributed by atoms with Crippen LogP contribution in [0.3, 0.4) is 0 Å². The lowest BCUT2D eigenvalue weighted by molar-refractivity contribution is 0.379. The number of hydrogen-bond acceptors (Lipinski definition) is 2. The molecule has 1 saturated carbocycles. The van der Waals surface area contributed by atoms with E-state index in [1.807, 2.05) is 6.92 Å². The second kappa shape index (κ2) is 6.82. The van der Waals surface area contributed by atoms with Crippen molar-refractivity contribution in [2.75, 3.05) is 0 Å². The molecule has 0 bridgehead atoms. The first-order valence-electron chi connectivity index (χ1n) is 7.99. The van der Waals surface area contributed by atoms with Gasteiger partial charge >= 0.3 is 5.69 Å². The van der Waals surface area contributed by atoms with E-state index in [1.165, 1.54) is 4.57 Å². The van der Waals surface area contributed by atoms with E-state index in [9.17, 15) is 9.59 Å². The van der Waals surface area contributed by atoms with Gasteiger partial charge in [-0.25, -0.2) is 4.79 Å². The van der Waals surface area contributed by atoms with Crippen LogP contribution in [0.2, 0.25) is 5.15 Å². The molecule has 1 aliphatic rings. The smallest absolute Gasteiger partial charge is 0.297 e. The molecule has 1 aromatic rings. The Labute approximate surface area is 130 Å². The molecule has 21 heavy (non-hydrogen) atoms. The number of rotatable bonds is 5. The van der Waals surface area contributed by atoms with Gasteiger partial charge in [0.25, 0.3) is 5.56 Å². The van der Waals surface area contributed by atoms with Crippen LogP contribution in [0.4, 0.5) is 0 Å².